The summed E-state index contributed by atoms with van der Waals surface area (Å²) in [6.45, 7) is 5.27. The summed E-state index contributed by atoms with van der Waals surface area (Å²) in [6, 6.07) is -1.57. The maximum Gasteiger partial charge on any atom is 0.326 e. The lowest BCUT2D eigenvalue weighted by atomic mass is 9.93. The summed E-state index contributed by atoms with van der Waals surface area (Å²) in [5.74, 6) is -1.36. The van der Waals surface area contributed by atoms with Crippen molar-refractivity contribution in [3.8, 4) is 0 Å². The molecule has 3 N–H and O–H groups in total. The van der Waals surface area contributed by atoms with E-state index < -0.39 is 18.1 Å². The summed E-state index contributed by atoms with van der Waals surface area (Å²) in [6.07, 6.45) is 8.48. The minimum Gasteiger partial charge on any atom is -0.480 e. The highest BCUT2D eigenvalue weighted by molar-refractivity contribution is 5.89. The van der Waals surface area contributed by atoms with E-state index in [1.54, 1.807) is 19.9 Å². The van der Waals surface area contributed by atoms with Crippen LogP contribution in [0.1, 0.15) is 33.6 Å². The van der Waals surface area contributed by atoms with E-state index in [1.165, 1.54) is 4.90 Å². The van der Waals surface area contributed by atoms with Crippen LogP contribution in [0.5, 0.6) is 0 Å². The smallest absolute Gasteiger partial charge is 0.326 e. The first-order valence-corrected chi connectivity index (χ1v) is 6.74. The lowest BCUT2D eigenvalue weighted by molar-refractivity contribution is -0.149. The summed E-state index contributed by atoms with van der Waals surface area (Å²) in [5, 5.41) is 9.32. The number of carbonyl (C=O) groups excluding carboxylic acids is 1. The van der Waals surface area contributed by atoms with E-state index in [1.807, 2.05) is 25.2 Å². The minimum absolute atomic E-state index is 0.364. The molecule has 5 nitrogen and oxygen atoms in total. The Morgan fingerprint density at radius 2 is 2.10 bits per heavy atom. The number of amides is 1. The van der Waals surface area contributed by atoms with Gasteiger partial charge in [0.2, 0.25) is 5.91 Å². The van der Waals surface area contributed by atoms with Crippen molar-refractivity contribution in [3.05, 3.63) is 35.6 Å². The van der Waals surface area contributed by atoms with E-state index in [-0.39, 0.29) is 5.91 Å². The molecule has 1 saturated heterocycles. The van der Waals surface area contributed by atoms with Crippen molar-refractivity contribution >= 4 is 11.9 Å². The highest BCUT2D eigenvalue weighted by atomic mass is 16.4. The second kappa shape index (κ2) is 7.05. The summed E-state index contributed by atoms with van der Waals surface area (Å²) < 4.78 is 0. The fourth-order valence-corrected chi connectivity index (χ4v) is 2.30. The Bertz CT molecular complexity index is 476. The Balaban J connectivity index is 3.25. The first-order valence-electron chi connectivity index (χ1n) is 6.74. The molecule has 0 aromatic rings. The molecule has 0 spiro atoms. The molecule has 1 amide bonds. The molecule has 1 rings (SSSR count). The molecular formula is C15H22N2O3. The largest absolute Gasteiger partial charge is 0.480 e. The number of rotatable bonds is 3. The highest BCUT2D eigenvalue weighted by Crippen LogP contribution is 2.31. The third-order valence-corrected chi connectivity index (χ3v) is 3.26. The number of carbonyl (C=O) groups is 2. The zero-order valence-electron chi connectivity index (χ0n) is 12.2. The molecule has 1 aliphatic rings. The van der Waals surface area contributed by atoms with E-state index in [9.17, 15) is 14.7 Å². The van der Waals surface area contributed by atoms with Gasteiger partial charge in [-0.15, -0.1) is 0 Å². The number of nitrogens with two attached hydrogens (primary N) is 1. The molecule has 20 heavy (non-hydrogen) atoms. The third kappa shape index (κ3) is 3.36. The monoisotopic (exact) mass is 278 g/mol. The van der Waals surface area contributed by atoms with E-state index in [0.717, 1.165) is 5.57 Å². The van der Waals surface area contributed by atoms with Crippen LogP contribution in [-0.4, -0.2) is 34.0 Å². The molecule has 2 unspecified atom stereocenters. The van der Waals surface area contributed by atoms with Crippen LogP contribution < -0.4 is 5.73 Å². The van der Waals surface area contributed by atoms with Crippen molar-refractivity contribution in [3.63, 3.8) is 0 Å². The van der Waals surface area contributed by atoms with Gasteiger partial charge in [0.15, 0.2) is 0 Å². The predicted molar refractivity (Wildman–Crippen MR) is 77.8 cm³/mol. The quantitative estimate of drug-likeness (QED) is 0.824. The number of allylic oxidation sites excluding steroid dienone is 5. The van der Waals surface area contributed by atoms with Crippen molar-refractivity contribution in [2.45, 2.75) is 45.7 Å². The second-order valence-electron chi connectivity index (χ2n) is 4.78. The van der Waals surface area contributed by atoms with Crippen molar-refractivity contribution < 1.29 is 14.7 Å². The molecule has 1 heterocycles. The van der Waals surface area contributed by atoms with Gasteiger partial charge in [-0.05, 0) is 39.2 Å². The highest BCUT2D eigenvalue weighted by Gasteiger charge is 2.37. The van der Waals surface area contributed by atoms with E-state index >= 15 is 0 Å². The lowest BCUT2D eigenvalue weighted by Crippen LogP contribution is -2.52. The summed E-state index contributed by atoms with van der Waals surface area (Å²) in [5.41, 5.74) is 7.25. The van der Waals surface area contributed by atoms with E-state index in [4.69, 9.17) is 5.73 Å². The molecule has 110 valence electrons. The van der Waals surface area contributed by atoms with Gasteiger partial charge in [0.1, 0.15) is 6.04 Å². The average Bonchev–Trinajstić information content (AvgIpc) is 2.42. The molecule has 0 saturated carbocycles. The minimum atomic E-state index is -0.997. The molecule has 0 aromatic carbocycles. The first kappa shape index (κ1) is 16.2. The third-order valence-electron chi connectivity index (χ3n) is 3.26. The molecule has 1 fully saturated rings. The number of carboxylic acid groups (broad SMARTS) is 1. The maximum absolute atomic E-state index is 12.3. The van der Waals surface area contributed by atoms with Gasteiger partial charge in [-0.2, -0.15) is 0 Å². The Hall–Kier alpha value is -1.88. The van der Waals surface area contributed by atoms with Gasteiger partial charge in [-0.3, -0.25) is 9.69 Å². The fourth-order valence-electron chi connectivity index (χ4n) is 2.30. The van der Waals surface area contributed by atoms with Gasteiger partial charge in [-0.1, -0.05) is 24.3 Å². The van der Waals surface area contributed by atoms with Crippen molar-refractivity contribution in [1.82, 2.24) is 4.90 Å². The Morgan fingerprint density at radius 1 is 1.45 bits per heavy atom. The zero-order valence-corrected chi connectivity index (χ0v) is 12.2. The SMILES string of the molecule is C\C=C/C=C1/CCC(C(=O)O)N(C(=O)C(C)N)/C1=C\C. The molecule has 2 atom stereocenters. The molecule has 0 aromatic heterocycles. The number of hydrogen-bond donors (Lipinski definition) is 2. The van der Waals surface area contributed by atoms with Crippen LogP contribution in [0.25, 0.3) is 0 Å². The van der Waals surface area contributed by atoms with Gasteiger partial charge in [0.05, 0.1) is 6.04 Å². The van der Waals surface area contributed by atoms with Gasteiger partial charge in [0.25, 0.3) is 0 Å². The molecule has 1 aliphatic heterocycles. The number of aliphatic carboxylic acids is 1. The second-order valence-corrected chi connectivity index (χ2v) is 4.78. The number of hydrogen-bond acceptors (Lipinski definition) is 3. The van der Waals surface area contributed by atoms with Crippen LogP contribution in [-0.2, 0) is 9.59 Å². The fraction of sp³-hybridized carbons (Fsp3) is 0.467. The topological polar surface area (TPSA) is 83.6 Å². The number of nitrogens with zero attached hydrogens (tertiary/aromatic N) is 1. The van der Waals surface area contributed by atoms with Gasteiger partial charge in [-0.25, -0.2) is 4.79 Å². The molecule has 0 bridgehead atoms. The van der Waals surface area contributed by atoms with Gasteiger partial charge >= 0.3 is 5.97 Å². The lowest BCUT2D eigenvalue weighted by Gasteiger charge is -2.37. The average molecular weight is 278 g/mol. The van der Waals surface area contributed by atoms with Gasteiger partial charge < -0.3 is 10.8 Å². The number of likely N-dealkylation sites (tertiary alicyclic amines) is 1. The standard InChI is InChI=1S/C15H22N2O3/c1-4-6-7-11-8-9-13(15(19)20)17(12(11)5-2)14(18)10(3)16/h4-7,10,13H,8-9,16H2,1-3H3,(H,19,20)/b6-4-,11-7-,12-5-. The van der Waals surface area contributed by atoms with Crippen molar-refractivity contribution in [2.24, 2.45) is 5.73 Å². The maximum atomic E-state index is 12.3. The predicted octanol–water partition coefficient (Wildman–Crippen LogP) is 1.82. The molecule has 0 aliphatic carbocycles. The Labute approximate surface area is 119 Å². The molecule has 0 radical (unpaired) electrons. The van der Waals surface area contributed by atoms with Gasteiger partial charge in [0, 0.05) is 5.70 Å². The number of piperidine rings is 1. The summed E-state index contributed by atoms with van der Waals surface area (Å²) in [7, 11) is 0. The van der Waals surface area contributed by atoms with Crippen molar-refractivity contribution in [1.29, 1.82) is 0 Å². The molecule has 5 heteroatoms. The van der Waals surface area contributed by atoms with Crippen LogP contribution in [0.2, 0.25) is 0 Å². The Morgan fingerprint density at radius 3 is 2.55 bits per heavy atom. The number of carboxylic acids is 1. The summed E-state index contributed by atoms with van der Waals surface area (Å²) in [4.78, 5) is 25.0. The summed E-state index contributed by atoms with van der Waals surface area (Å²) >= 11 is 0. The molecular weight excluding hydrogens is 256 g/mol. The van der Waals surface area contributed by atoms with Crippen LogP contribution in [0.4, 0.5) is 0 Å². The normalized spacial score (nSPS) is 25.4. The van der Waals surface area contributed by atoms with Crippen molar-refractivity contribution in [2.75, 3.05) is 0 Å². The first-order chi connectivity index (χ1) is 9.43. The van der Waals surface area contributed by atoms with Crippen LogP contribution >= 0.6 is 0 Å². The van der Waals surface area contributed by atoms with E-state index in [2.05, 4.69) is 0 Å². The van der Waals surface area contributed by atoms with Crippen LogP contribution in [0.3, 0.4) is 0 Å². The van der Waals surface area contributed by atoms with Crippen LogP contribution in [0, 0.1) is 0 Å². The Kier molecular flexibility index (Phi) is 5.70. The van der Waals surface area contributed by atoms with E-state index in [0.29, 0.717) is 18.5 Å². The van der Waals surface area contributed by atoms with Crippen LogP contribution in [0.15, 0.2) is 35.6 Å². The zero-order chi connectivity index (χ0) is 15.3.